The highest BCUT2D eigenvalue weighted by Crippen LogP contribution is 2.33. The molecule has 0 aliphatic carbocycles. The van der Waals surface area contributed by atoms with Crippen LogP contribution >= 0.6 is 0 Å². The average Bonchev–Trinajstić information content (AvgIpc) is 2.52. The Hall–Kier alpha value is -2.68. The van der Waals surface area contributed by atoms with Gasteiger partial charge in [-0.25, -0.2) is 0 Å². The quantitative estimate of drug-likeness (QED) is 0.876. The first-order chi connectivity index (χ1) is 10.9. The van der Waals surface area contributed by atoms with Crippen LogP contribution in [0, 0.1) is 11.3 Å². The Balaban J connectivity index is 2.15. The van der Waals surface area contributed by atoms with E-state index in [9.17, 15) is 13.2 Å². The van der Waals surface area contributed by atoms with Gasteiger partial charge in [-0.15, -0.1) is 0 Å². The Morgan fingerprint density at radius 2 is 1.96 bits per heavy atom. The number of nitrogens with zero attached hydrogens (tertiary/aromatic N) is 1. The van der Waals surface area contributed by atoms with E-state index in [0.717, 1.165) is 11.6 Å². The van der Waals surface area contributed by atoms with Crippen LogP contribution in [0.15, 0.2) is 42.5 Å². The number of hydrogen-bond acceptors (Lipinski definition) is 3. The molecule has 0 heterocycles. The van der Waals surface area contributed by atoms with E-state index in [1.807, 2.05) is 31.2 Å². The second-order valence-electron chi connectivity index (χ2n) is 4.80. The Labute approximate surface area is 132 Å². The molecule has 0 amide bonds. The molecule has 0 spiro atoms. The standard InChI is InChI=1S/C17H15F3N2O/c1-2-23-15-5-3-4-12(8-15)11-22-14-7-6-13(10-21)16(9-14)17(18,19)20/h3-9,22H,2,11H2,1H3. The number of benzene rings is 2. The van der Waals surface area contributed by atoms with Crippen LogP contribution in [-0.4, -0.2) is 6.61 Å². The van der Waals surface area contributed by atoms with Crippen LogP contribution in [-0.2, 0) is 12.7 Å². The molecule has 0 aliphatic rings. The molecule has 2 aromatic carbocycles. The summed E-state index contributed by atoms with van der Waals surface area (Å²) in [4.78, 5) is 0. The van der Waals surface area contributed by atoms with E-state index in [1.165, 1.54) is 12.1 Å². The highest BCUT2D eigenvalue weighted by molar-refractivity contribution is 5.53. The van der Waals surface area contributed by atoms with Crippen LogP contribution in [0.2, 0.25) is 0 Å². The average molecular weight is 320 g/mol. The van der Waals surface area contributed by atoms with E-state index in [0.29, 0.717) is 24.6 Å². The number of anilines is 1. The molecule has 3 nitrogen and oxygen atoms in total. The number of ether oxygens (including phenoxy) is 1. The van der Waals surface area contributed by atoms with Gasteiger partial charge in [0.2, 0.25) is 0 Å². The minimum atomic E-state index is -4.56. The Morgan fingerprint density at radius 1 is 1.17 bits per heavy atom. The molecule has 23 heavy (non-hydrogen) atoms. The molecule has 0 atom stereocenters. The van der Waals surface area contributed by atoms with Gasteiger partial charge < -0.3 is 10.1 Å². The number of nitrogens with one attached hydrogen (secondary N) is 1. The fourth-order valence-corrected chi connectivity index (χ4v) is 2.10. The van der Waals surface area contributed by atoms with Gasteiger partial charge in [-0.1, -0.05) is 12.1 Å². The topological polar surface area (TPSA) is 45.0 Å². The number of hydrogen-bond donors (Lipinski definition) is 1. The van der Waals surface area contributed by atoms with Gasteiger partial charge in [-0.05, 0) is 42.8 Å². The van der Waals surface area contributed by atoms with Crippen molar-refractivity contribution in [3.8, 4) is 11.8 Å². The largest absolute Gasteiger partial charge is 0.494 e. The van der Waals surface area contributed by atoms with E-state index in [4.69, 9.17) is 10.00 Å². The molecule has 6 heteroatoms. The molecule has 1 N–H and O–H groups in total. The SMILES string of the molecule is CCOc1cccc(CNc2ccc(C#N)c(C(F)(F)F)c2)c1. The molecule has 2 aromatic rings. The molecule has 0 aliphatic heterocycles. The highest BCUT2D eigenvalue weighted by Gasteiger charge is 2.33. The molecule has 0 bridgehead atoms. The van der Waals surface area contributed by atoms with Crippen molar-refractivity contribution in [1.82, 2.24) is 0 Å². The summed E-state index contributed by atoms with van der Waals surface area (Å²) in [6.07, 6.45) is -4.56. The Kier molecular flexibility index (Phi) is 5.12. The smallest absolute Gasteiger partial charge is 0.417 e. The van der Waals surface area contributed by atoms with Crippen molar-refractivity contribution in [3.63, 3.8) is 0 Å². The summed E-state index contributed by atoms with van der Waals surface area (Å²) in [5.74, 6) is 0.711. The lowest BCUT2D eigenvalue weighted by Gasteiger charge is -2.13. The van der Waals surface area contributed by atoms with Crippen LogP contribution in [0.4, 0.5) is 18.9 Å². The van der Waals surface area contributed by atoms with Crippen molar-refractivity contribution in [2.75, 3.05) is 11.9 Å². The van der Waals surface area contributed by atoms with Crippen molar-refractivity contribution in [2.24, 2.45) is 0 Å². The van der Waals surface area contributed by atoms with Crippen LogP contribution < -0.4 is 10.1 Å². The van der Waals surface area contributed by atoms with Gasteiger partial charge in [0.15, 0.2) is 0 Å². The van der Waals surface area contributed by atoms with E-state index < -0.39 is 11.7 Å². The second kappa shape index (κ2) is 7.05. The van der Waals surface area contributed by atoms with Crippen molar-refractivity contribution >= 4 is 5.69 Å². The van der Waals surface area contributed by atoms with Crippen molar-refractivity contribution < 1.29 is 17.9 Å². The van der Waals surface area contributed by atoms with Crippen LogP contribution in [0.1, 0.15) is 23.6 Å². The summed E-state index contributed by atoms with van der Waals surface area (Å²) in [6.45, 7) is 2.77. The lowest BCUT2D eigenvalue weighted by molar-refractivity contribution is -0.137. The molecule has 0 saturated carbocycles. The molecule has 120 valence electrons. The van der Waals surface area contributed by atoms with E-state index in [1.54, 1.807) is 6.07 Å². The van der Waals surface area contributed by atoms with E-state index >= 15 is 0 Å². The molecule has 2 rings (SSSR count). The molecule has 0 radical (unpaired) electrons. The first-order valence-corrected chi connectivity index (χ1v) is 7.01. The maximum Gasteiger partial charge on any atom is 0.417 e. The third kappa shape index (κ3) is 4.39. The molecular weight excluding hydrogens is 305 g/mol. The zero-order valence-electron chi connectivity index (χ0n) is 12.4. The Bertz CT molecular complexity index is 721. The van der Waals surface area contributed by atoms with E-state index in [2.05, 4.69) is 5.32 Å². The highest BCUT2D eigenvalue weighted by atomic mass is 19.4. The predicted octanol–water partition coefficient (Wildman–Crippen LogP) is 4.59. The van der Waals surface area contributed by atoms with Crippen LogP contribution in [0.3, 0.4) is 0 Å². The summed E-state index contributed by atoms with van der Waals surface area (Å²) in [5, 5.41) is 11.7. The molecule has 0 unspecified atom stereocenters. The third-order valence-corrected chi connectivity index (χ3v) is 3.15. The number of halogens is 3. The van der Waals surface area contributed by atoms with Gasteiger partial charge in [0.25, 0.3) is 0 Å². The molecule has 0 fully saturated rings. The summed E-state index contributed by atoms with van der Waals surface area (Å²) < 4.78 is 44.1. The number of rotatable bonds is 5. The zero-order chi connectivity index (χ0) is 16.9. The van der Waals surface area contributed by atoms with Gasteiger partial charge in [0.05, 0.1) is 23.8 Å². The van der Waals surface area contributed by atoms with Gasteiger partial charge in [0, 0.05) is 12.2 Å². The number of nitriles is 1. The minimum Gasteiger partial charge on any atom is -0.494 e. The monoisotopic (exact) mass is 320 g/mol. The first kappa shape index (κ1) is 16.7. The molecule has 0 aromatic heterocycles. The predicted molar refractivity (Wildman–Crippen MR) is 81.1 cm³/mol. The Morgan fingerprint density at radius 3 is 2.61 bits per heavy atom. The van der Waals surface area contributed by atoms with Gasteiger partial charge in [-0.2, -0.15) is 18.4 Å². The second-order valence-corrected chi connectivity index (χ2v) is 4.80. The zero-order valence-corrected chi connectivity index (χ0v) is 12.4. The van der Waals surface area contributed by atoms with Crippen molar-refractivity contribution in [3.05, 3.63) is 59.2 Å². The van der Waals surface area contributed by atoms with Crippen molar-refractivity contribution in [1.29, 1.82) is 5.26 Å². The third-order valence-electron chi connectivity index (χ3n) is 3.15. The summed E-state index contributed by atoms with van der Waals surface area (Å²) >= 11 is 0. The minimum absolute atomic E-state index is 0.304. The number of alkyl halides is 3. The van der Waals surface area contributed by atoms with Gasteiger partial charge >= 0.3 is 6.18 Å². The normalized spacial score (nSPS) is 10.9. The summed E-state index contributed by atoms with van der Waals surface area (Å²) in [6, 6.07) is 12.4. The maximum absolute atomic E-state index is 12.9. The van der Waals surface area contributed by atoms with E-state index in [-0.39, 0.29) is 5.56 Å². The molecular formula is C17H15F3N2O. The summed E-state index contributed by atoms with van der Waals surface area (Å²) in [7, 11) is 0. The van der Waals surface area contributed by atoms with Gasteiger partial charge in [0.1, 0.15) is 5.75 Å². The lowest BCUT2D eigenvalue weighted by atomic mass is 10.1. The maximum atomic E-state index is 12.9. The lowest BCUT2D eigenvalue weighted by Crippen LogP contribution is -2.09. The molecule has 0 saturated heterocycles. The van der Waals surface area contributed by atoms with Crippen LogP contribution in [0.5, 0.6) is 5.75 Å². The fourth-order valence-electron chi connectivity index (χ4n) is 2.10. The van der Waals surface area contributed by atoms with Crippen LogP contribution in [0.25, 0.3) is 0 Å². The summed E-state index contributed by atoms with van der Waals surface area (Å²) in [5.41, 5.74) is -0.138. The van der Waals surface area contributed by atoms with Gasteiger partial charge in [-0.3, -0.25) is 0 Å². The first-order valence-electron chi connectivity index (χ1n) is 7.01. The van der Waals surface area contributed by atoms with Crippen molar-refractivity contribution in [2.45, 2.75) is 19.6 Å². The fraction of sp³-hybridized carbons (Fsp3) is 0.235.